The van der Waals surface area contributed by atoms with Crippen LogP contribution >= 0.6 is 11.3 Å². The van der Waals surface area contributed by atoms with Crippen LogP contribution in [-0.2, 0) is 12.0 Å². The molecule has 0 spiro atoms. The summed E-state index contributed by atoms with van der Waals surface area (Å²) in [7, 11) is 2.15. The lowest BCUT2D eigenvalue weighted by Gasteiger charge is -2.26. The Kier molecular flexibility index (Phi) is 5.75. The lowest BCUT2D eigenvalue weighted by molar-refractivity contribution is 0.369. The Hall–Kier alpha value is -2.16. The van der Waals surface area contributed by atoms with Gasteiger partial charge in [-0.05, 0) is 40.8 Å². The minimum Gasteiger partial charge on any atom is -0.298 e. The summed E-state index contributed by atoms with van der Waals surface area (Å²) in [5.74, 6) is 0. The molecule has 1 heterocycles. The van der Waals surface area contributed by atoms with Crippen LogP contribution in [0.1, 0.15) is 35.4 Å². The molecule has 0 unspecified atom stereocenters. The van der Waals surface area contributed by atoms with Crippen LogP contribution in [0.15, 0.2) is 78.7 Å². The van der Waals surface area contributed by atoms with Gasteiger partial charge in [-0.25, -0.2) is 0 Å². The molecule has 0 saturated heterocycles. The van der Waals surface area contributed by atoms with Gasteiger partial charge in [0.25, 0.3) is 0 Å². The van der Waals surface area contributed by atoms with E-state index in [9.17, 15) is 0 Å². The quantitative estimate of drug-likeness (QED) is 0.483. The van der Waals surface area contributed by atoms with Crippen molar-refractivity contribution in [1.29, 1.82) is 0 Å². The van der Waals surface area contributed by atoms with E-state index < -0.39 is 0 Å². The van der Waals surface area contributed by atoms with Crippen molar-refractivity contribution in [3.8, 4) is 0 Å². The van der Waals surface area contributed by atoms with E-state index in [1.165, 1.54) is 27.1 Å². The van der Waals surface area contributed by atoms with Gasteiger partial charge in [0.05, 0.1) is 0 Å². The third-order valence-corrected chi connectivity index (χ3v) is 5.93. The van der Waals surface area contributed by atoms with Crippen LogP contribution in [0, 0.1) is 0 Å². The van der Waals surface area contributed by atoms with Crippen LogP contribution in [0.3, 0.4) is 0 Å². The minimum atomic E-state index is 0.0130. The number of hydrogen-bond donors (Lipinski definition) is 0. The second-order valence-electron chi connectivity index (χ2n) is 7.44. The first-order valence-electron chi connectivity index (χ1n) is 9.02. The molecule has 0 aliphatic rings. The second kappa shape index (κ2) is 8.03. The first kappa shape index (κ1) is 18.6. The van der Waals surface area contributed by atoms with Crippen molar-refractivity contribution in [3.05, 3.63) is 100 Å². The Labute approximate surface area is 161 Å². The molecule has 0 aliphatic heterocycles. The minimum absolute atomic E-state index is 0.0130. The predicted octanol–water partition coefficient (Wildman–Crippen LogP) is 6.22. The highest BCUT2D eigenvalue weighted by molar-refractivity contribution is 7.11. The SMILES string of the molecule is C=C(CN(C)Cc1ccc(C(C)(C)c2ccccc2)cc1)c1cccs1. The summed E-state index contributed by atoms with van der Waals surface area (Å²) in [4.78, 5) is 3.59. The van der Waals surface area contributed by atoms with Crippen molar-refractivity contribution < 1.29 is 0 Å². The van der Waals surface area contributed by atoms with E-state index in [0.29, 0.717) is 0 Å². The Morgan fingerprint density at radius 2 is 1.58 bits per heavy atom. The average molecular weight is 362 g/mol. The summed E-state index contributed by atoms with van der Waals surface area (Å²) in [6.07, 6.45) is 0. The van der Waals surface area contributed by atoms with Gasteiger partial charge in [0.2, 0.25) is 0 Å². The van der Waals surface area contributed by atoms with E-state index in [1.807, 2.05) is 0 Å². The van der Waals surface area contributed by atoms with Gasteiger partial charge in [-0.2, -0.15) is 0 Å². The van der Waals surface area contributed by atoms with Crippen LogP contribution in [0.2, 0.25) is 0 Å². The molecule has 3 rings (SSSR count). The molecule has 3 aromatic rings. The van der Waals surface area contributed by atoms with Gasteiger partial charge in [0.15, 0.2) is 0 Å². The molecule has 0 N–H and O–H groups in total. The summed E-state index contributed by atoms with van der Waals surface area (Å²) in [6, 6.07) is 24.0. The van der Waals surface area contributed by atoms with Gasteiger partial charge in [0.1, 0.15) is 0 Å². The monoisotopic (exact) mass is 361 g/mol. The summed E-state index contributed by atoms with van der Waals surface area (Å²) in [5.41, 5.74) is 5.22. The molecular formula is C24H27NS. The second-order valence-corrected chi connectivity index (χ2v) is 8.39. The first-order chi connectivity index (χ1) is 12.5. The number of nitrogens with zero attached hydrogens (tertiary/aromatic N) is 1. The van der Waals surface area contributed by atoms with Gasteiger partial charge in [-0.3, -0.25) is 4.90 Å². The summed E-state index contributed by atoms with van der Waals surface area (Å²) < 4.78 is 0. The van der Waals surface area contributed by atoms with Crippen molar-refractivity contribution in [3.63, 3.8) is 0 Å². The number of benzene rings is 2. The molecule has 0 amide bonds. The Bertz CT molecular complexity index is 830. The smallest absolute Gasteiger partial charge is 0.0309 e. The fraction of sp³-hybridized carbons (Fsp3) is 0.250. The molecule has 0 aliphatic carbocycles. The zero-order chi connectivity index (χ0) is 18.6. The lowest BCUT2D eigenvalue weighted by Crippen LogP contribution is -2.21. The normalized spacial score (nSPS) is 11.7. The molecule has 0 bridgehead atoms. The highest BCUT2D eigenvalue weighted by Gasteiger charge is 2.22. The van der Waals surface area contributed by atoms with E-state index in [4.69, 9.17) is 0 Å². The third-order valence-electron chi connectivity index (χ3n) is 4.95. The largest absolute Gasteiger partial charge is 0.298 e. The van der Waals surface area contributed by atoms with Crippen molar-refractivity contribution in [2.45, 2.75) is 25.8 Å². The van der Waals surface area contributed by atoms with Gasteiger partial charge in [0, 0.05) is 23.4 Å². The molecule has 134 valence electrons. The number of thiophene rings is 1. The van der Waals surface area contributed by atoms with Crippen LogP contribution < -0.4 is 0 Å². The first-order valence-corrected chi connectivity index (χ1v) is 9.90. The highest BCUT2D eigenvalue weighted by atomic mass is 32.1. The summed E-state index contributed by atoms with van der Waals surface area (Å²) >= 11 is 1.76. The van der Waals surface area contributed by atoms with Crippen molar-refractivity contribution in [2.75, 3.05) is 13.6 Å². The fourth-order valence-corrected chi connectivity index (χ4v) is 3.99. The van der Waals surface area contributed by atoms with Gasteiger partial charge >= 0.3 is 0 Å². The zero-order valence-electron chi connectivity index (χ0n) is 15.9. The Morgan fingerprint density at radius 1 is 0.923 bits per heavy atom. The van der Waals surface area contributed by atoms with Gasteiger partial charge in [-0.1, -0.05) is 81.1 Å². The summed E-state index contributed by atoms with van der Waals surface area (Å²) in [5, 5.41) is 2.10. The molecule has 0 saturated carbocycles. The Morgan fingerprint density at radius 3 is 2.19 bits per heavy atom. The molecule has 0 atom stereocenters. The maximum atomic E-state index is 4.23. The van der Waals surface area contributed by atoms with E-state index >= 15 is 0 Å². The fourth-order valence-electron chi connectivity index (χ4n) is 3.30. The van der Waals surface area contributed by atoms with Crippen molar-refractivity contribution >= 4 is 16.9 Å². The van der Waals surface area contributed by atoms with E-state index in [0.717, 1.165) is 13.1 Å². The lowest BCUT2D eigenvalue weighted by atomic mass is 9.78. The molecular weight excluding hydrogens is 334 g/mol. The van der Waals surface area contributed by atoms with Gasteiger partial charge < -0.3 is 0 Å². The van der Waals surface area contributed by atoms with Crippen LogP contribution in [0.5, 0.6) is 0 Å². The van der Waals surface area contributed by atoms with Crippen LogP contribution in [0.4, 0.5) is 0 Å². The molecule has 26 heavy (non-hydrogen) atoms. The molecule has 1 aromatic heterocycles. The maximum absolute atomic E-state index is 4.23. The van der Waals surface area contributed by atoms with E-state index in [2.05, 4.69) is 104 Å². The molecule has 2 heteroatoms. The molecule has 1 nitrogen and oxygen atoms in total. The predicted molar refractivity (Wildman–Crippen MR) is 115 cm³/mol. The summed E-state index contributed by atoms with van der Waals surface area (Å²) in [6.45, 7) is 10.6. The van der Waals surface area contributed by atoms with Crippen molar-refractivity contribution in [2.24, 2.45) is 0 Å². The van der Waals surface area contributed by atoms with E-state index in [-0.39, 0.29) is 5.41 Å². The Balaban J connectivity index is 1.65. The van der Waals surface area contributed by atoms with Gasteiger partial charge in [-0.15, -0.1) is 11.3 Å². The standard InChI is InChI=1S/C24H27NS/c1-19(23-11-8-16-26-23)17-25(4)18-20-12-14-22(15-13-20)24(2,3)21-9-6-5-7-10-21/h5-16H,1,17-18H2,2-4H3. The molecule has 0 radical (unpaired) electrons. The zero-order valence-corrected chi connectivity index (χ0v) is 16.7. The molecule has 0 fully saturated rings. The number of rotatable bonds is 7. The van der Waals surface area contributed by atoms with Crippen LogP contribution in [0.25, 0.3) is 5.57 Å². The maximum Gasteiger partial charge on any atom is 0.0309 e. The highest BCUT2D eigenvalue weighted by Crippen LogP contribution is 2.31. The van der Waals surface area contributed by atoms with E-state index in [1.54, 1.807) is 11.3 Å². The number of likely N-dealkylation sites (N-methyl/N-ethyl adjacent to an activating group) is 1. The molecule has 2 aromatic carbocycles. The van der Waals surface area contributed by atoms with Crippen molar-refractivity contribution in [1.82, 2.24) is 4.90 Å². The topological polar surface area (TPSA) is 3.24 Å². The third kappa shape index (κ3) is 4.32. The average Bonchev–Trinajstić information content (AvgIpc) is 3.18. The van der Waals surface area contributed by atoms with Crippen LogP contribution in [-0.4, -0.2) is 18.5 Å². The number of hydrogen-bond acceptors (Lipinski definition) is 2.